The van der Waals surface area contributed by atoms with E-state index in [1.165, 1.54) is 24.3 Å². The fourth-order valence-electron chi connectivity index (χ4n) is 1.56. The predicted octanol–water partition coefficient (Wildman–Crippen LogP) is 2.35. The molecule has 0 saturated carbocycles. The lowest BCUT2D eigenvalue weighted by atomic mass is 10.0. The molecule has 3 N–H and O–H groups in total. The van der Waals surface area contributed by atoms with Gasteiger partial charge < -0.3 is 20.3 Å². The number of aliphatic carboxylic acids is 1. The second kappa shape index (κ2) is 6.78. The molecule has 116 valence electrons. The molecule has 0 aliphatic rings. The fraction of sp³-hybridized carbons (Fsp3) is 0.429. The maximum atomic E-state index is 11.6. The lowest BCUT2D eigenvalue weighted by Crippen LogP contribution is -2.46. The molecule has 0 radical (unpaired) electrons. The molecule has 0 aliphatic carbocycles. The van der Waals surface area contributed by atoms with E-state index in [4.69, 9.17) is 21.4 Å². The van der Waals surface area contributed by atoms with Crippen LogP contribution in [0, 0.1) is 0 Å². The molecule has 2 unspecified atom stereocenters. The van der Waals surface area contributed by atoms with E-state index in [9.17, 15) is 14.7 Å². The number of carboxylic acids is 1. The van der Waals surface area contributed by atoms with E-state index in [1.54, 1.807) is 20.8 Å². The molecule has 1 amide bonds. The molecule has 21 heavy (non-hydrogen) atoms. The first-order valence-corrected chi connectivity index (χ1v) is 6.64. The lowest BCUT2D eigenvalue weighted by Gasteiger charge is -2.24. The molecule has 2 atom stereocenters. The van der Waals surface area contributed by atoms with Crippen LogP contribution in [0.4, 0.5) is 4.79 Å². The van der Waals surface area contributed by atoms with Gasteiger partial charge >= 0.3 is 12.1 Å². The number of carbonyl (C=O) groups is 2. The second-order valence-corrected chi connectivity index (χ2v) is 5.89. The minimum atomic E-state index is -1.53. The van der Waals surface area contributed by atoms with E-state index in [-0.39, 0.29) is 0 Å². The van der Waals surface area contributed by atoms with Crippen LogP contribution < -0.4 is 5.32 Å². The number of carboxylic acid groups (broad SMARTS) is 1. The van der Waals surface area contributed by atoms with Gasteiger partial charge in [-0.05, 0) is 38.5 Å². The normalized spacial score (nSPS) is 14.1. The summed E-state index contributed by atoms with van der Waals surface area (Å²) in [5.41, 5.74) is -0.443. The molecule has 0 spiro atoms. The summed E-state index contributed by atoms with van der Waals surface area (Å²) in [6.45, 7) is 4.95. The van der Waals surface area contributed by atoms with Crippen molar-refractivity contribution in [2.45, 2.75) is 38.5 Å². The van der Waals surface area contributed by atoms with Crippen LogP contribution >= 0.6 is 11.6 Å². The highest BCUT2D eigenvalue weighted by Gasteiger charge is 2.31. The van der Waals surface area contributed by atoms with Crippen molar-refractivity contribution in [1.82, 2.24) is 5.32 Å². The van der Waals surface area contributed by atoms with Crippen LogP contribution in [0.1, 0.15) is 32.4 Å². The number of amides is 1. The number of rotatable bonds is 4. The summed E-state index contributed by atoms with van der Waals surface area (Å²) in [6, 6.07) is 4.49. The van der Waals surface area contributed by atoms with Crippen molar-refractivity contribution in [2.75, 3.05) is 0 Å². The van der Waals surface area contributed by atoms with Gasteiger partial charge in [0, 0.05) is 5.02 Å². The van der Waals surface area contributed by atoms with Gasteiger partial charge in [-0.2, -0.15) is 0 Å². The highest BCUT2D eigenvalue weighted by molar-refractivity contribution is 6.30. The topological polar surface area (TPSA) is 95.9 Å². The summed E-state index contributed by atoms with van der Waals surface area (Å²) in [5.74, 6) is -1.37. The van der Waals surface area contributed by atoms with Crippen molar-refractivity contribution in [1.29, 1.82) is 0 Å². The summed E-state index contributed by atoms with van der Waals surface area (Å²) in [4.78, 5) is 22.9. The van der Waals surface area contributed by atoms with Gasteiger partial charge in [-0.25, -0.2) is 9.59 Å². The van der Waals surface area contributed by atoms with Gasteiger partial charge in [0.1, 0.15) is 11.7 Å². The summed E-state index contributed by atoms with van der Waals surface area (Å²) in [5, 5.41) is 21.8. The van der Waals surface area contributed by atoms with E-state index < -0.39 is 29.8 Å². The van der Waals surface area contributed by atoms with Gasteiger partial charge in [0.15, 0.2) is 6.04 Å². The number of nitrogens with one attached hydrogen (secondary N) is 1. The van der Waals surface area contributed by atoms with Gasteiger partial charge in [0.2, 0.25) is 0 Å². The van der Waals surface area contributed by atoms with Crippen LogP contribution in [-0.2, 0) is 9.53 Å². The summed E-state index contributed by atoms with van der Waals surface area (Å²) >= 11 is 5.73. The molecule has 0 aliphatic heterocycles. The molecule has 0 saturated heterocycles. The monoisotopic (exact) mass is 315 g/mol. The van der Waals surface area contributed by atoms with Crippen LogP contribution in [0.15, 0.2) is 24.3 Å². The summed E-state index contributed by atoms with van der Waals surface area (Å²) < 4.78 is 4.98. The summed E-state index contributed by atoms with van der Waals surface area (Å²) in [6.07, 6.45) is -2.34. The van der Waals surface area contributed by atoms with E-state index in [0.29, 0.717) is 10.6 Å². The molecule has 1 rings (SSSR count). The quantitative estimate of drug-likeness (QED) is 0.792. The Morgan fingerprint density at radius 3 is 2.19 bits per heavy atom. The Kier molecular flexibility index (Phi) is 5.57. The van der Waals surface area contributed by atoms with Crippen molar-refractivity contribution in [3.8, 4) is 0 Å². The third kappa shape index (κ3) is 5.61. The van der Waals surface area contributed by atoms with Crippen LogP contribution in [-0.4, -0.2) is 33.9 Å². The Labute approximate surface area is 127 Å². The molecular weight excluding hydrogens is 298 g/mol. The molecule has 1 aromatic carbocycles. The number of alkyl carbamates (subject to hydrolysis) is 1. The number of aliphatic hydroxyl groups is 1. The largest absolute Gasteiger partial charge is 0.480 e. The maximum absolute atomic E-state index is 11.6. The molecule has 7 heteroatoms. The minimum Gasteiger partial charge on any atom is -0.480 e. The van der Waals surface area contributed by atoms with Gasteiger partial charge in [0.25, 0.3) is 0 Å². The Balaban J connectivity index is 2.84. The minimum absolute atomic E-state index is 0.322. The van der Waals surface area contributed by atoms with Gasteiger partial charge in [-0.15, -0.1) is 0 Å². The number of hydrogen-bond donors (Lipinski definition) is 3. The smallest absolute Gasteiger partial charge is 0.408 e. The highest BCUT2D eigenvalue weighted by atomic mass is 35.5. The average molecular weight is 316 g/mol. The zero-order valence-electron chi connectivity index (χ0n) is 12.0. The van der Waals surface area contributed by atoms with Gasteiger partial charge in [0.05, 0.1) is 0 Å². The van der Waals surface area contributed by atoms with E-state index in [2.05, 4.69) is 5.32 Å². The molecule has 0 heterocycles. The first-order valence-electron chi connectivity index (χ1n) is 6.26. The fourth-order valence-corrected chi connectivity index (χ4v) is 1.69. The second-order valence-electron chi connectivity index (χ2n) is 5.46. The van der Waals surface area contributed by atoms with Crippen LogP contribution in [0.25, 0.3) is 0 Å². The Hall–Kier alpha value is -1.79. The number of halogens is 1. The molecule has 1 aromatic rings. The zero-order chi connectivity index (χ0) is 16.2. The van der Waals surface area contributed by atoms with Crippen molar-refractivity contribution in [3.63, 3.8) is 0 Å². The van der Waals surface area contributed by atoms with Crippen LogP contribution in [0.2, 0.25) is 5.02 Å². The SMILES string of the molecule is CC(C)(C)OC(=O)NC(C(=O)O)C(O)c1ccc(Cl)cc1. The highest BCUT2D eigenvalue weighted by Crippen LogP contribution is 2.20. The predicted molar refractivity (Wildman–Crippen MR) is 77.2 cm³/mol. The van der Waals surface area contributed by atoms with Crippen molar-refractivity contribution in [2.24, 2.45) is 0 Å². The average Bonchev–Trinajstić information content (AvgIpc) is 2.33. The van der Waals surface area contributed by atoms with E-state index in [0.717, 1.165) is 0 Å². The third-order valence-corrected chi connectivity index (χ3v) is 2.72. The van der Waals surface area contributed by atoms with Crippen molar-refractivity contribution < 1.29 is 24.5 Å². The third-order valence-electron chi connectivity index (χ3n) is 2.47. The maximum Gasteiger partial charge on any atom is 0.408 e. The van der Waals surface area contributed by atoms with Gasteiger partial charge in [-0.1, -0.05) is 23.7 Å². The first-order chi connectivity index (χ1) is 9.60. The first kappa shape index (κ1) is 17.3. The zero-order valence-corrected chi connectivity index (χ0v) is 12.7. The Morgan fingerprint density at radius 1 is 1.24 bits per heavy atom. The van der Waals surface area contributed by atoms with Gasteiger partial charge in [-0.3, -0.25) is 0 Å². The molecule has 0 bridgehead atoms. The number of ether oxygens (including phenoxy) is 1. The van der Waals surface area contributed by atoms with E-state index >= 15 is 0 Å². The number of carbonyl (C=O) groups excluding carboxylic acids is 1. The van der Waals surface area contributed by atoms with Crippen molar-refractivity contribution >= 4 is 23.7 Å². The van der Waals surface area contributed by atoms with Crippen molar-refractivity contribution in [3.05, 3.63) is 34.9 Å². The van der Waals surface area contributed by atoms with Crippen LogP contribution in [0.3, 0.4) is 0 Å². The molecule has 6 nitrogen and oxygen atoms in total. The Bertz CT molecular complexity index is 509. The lowest BCUT2D eigenvalue weighted by molar-refractivity contribution is -0.142. The molecule has 0 aromatic heterocycles. The number of benzene rings is 1. The van der Waals surface area contributed by atoms with E-state index in [1.807, 2.05) is 0 Å². The molecular formula is C14H18ClNO5. The Morgan fingerprint density at radius 2 is 1.76 bits per heavy atom. The number of aliphatic hydroxyl groups excluding tert-OH is 1. The number of hydrogen-bond acceptors (Lipinski definition) is 4. The van der Waals surface area contributed by atoms with Crippen LogP contribution in [0.5, 0.6) is 0 Å². The molecule has 0 fully saturated rings. The summed E-state index contributed by atoms with van der Waals surface area (Å²) in [7, 11) is 0. The standard InChI is InChI=1S/C14H18ClNO5/c1-14(2,3)21-13(20)16-10(12(18)19)11(17)8-4-6-9(15)7-5-8/h4-7,10-11,17H,1-3H3,(H,16,20)(H,18,19).